The normalized spacial score (nSPS) is 11.8. The highest BCUT2D eigenvalue weighted by Gasteiger charge is 2.22. The number of carbonyl (C=O) groups excluding carboxylic acids is 2. The molecule has 4 rings (SSSR count). The summed E-state index contributed by atoms with van der Waals surface area (Å²) in [6.07, 6.45) is 0. The summed E-state index contributed by atoms with van der Waals surface area (Å²) in [4.78, 5) is 32.1. The Morgan fingerprint density at radius 1 is 0.968 bits per heavy atom. The van der Waals surface area contributed by atoms with E-state index in [1.807, 2.05) is 62.4 Å². The number of nitrogens with zero attached hydrogens (tertiary/aromatic N) is 2. The molecule has 0 aliphatic rings. The molecule has 0 bridgehead atoms. The third-order valence-corrected chi connectivity index (χ3v) is 6.54. The van der Waals surface area contributed by atoms with Crippen molar-refractivity contribution in [1.82, 2.24) is 9.88 Å². The molecular formula is C25H23N3O2S. The van der Waals surface area contributed by atoms with E-state index in [0.29, 0.717) is 16.8 Å². The van der Waals surface area contributed by atoms with Crippen molar-refractivity contribution in [3.8, 4) is 0 Å². The lowest BCUT2D eigenvalue weighted by molar-refractivity contribution is 0.0742. The summed E-state index contributed by atoms with van der Waals surface area (Å²) in [5, 5.41) is 3.81. The average molecular weight is 430 g/mol. The van der Waals surface area contributed by atoms with E-state index in [9.17, 15) is 9.59 Å². The molecule has 0 saturated carbocycles. The quantitative estimate of drug-likeness (QED) is 0.443. The maximum Gasteiger partial charge on any atom is 0.255 e. The van der Waals surface area contributed by atoms with Crippen LogP contribution in [0, 0.1) is 6.92 Å². The van der Waals surface area contributed by atoms with Crippen LogP contribution >= 0.6 is 11.3 Å². The summed E-state index contributed by atoms with van der Waals surface area (Å²) >= 11 is 1.60. The molecule has 0 spiro atoms. The molecule has 0 fully saturated rings. The van der Waals surface area contributed by atoms with Crippen molar-refractivity contribution in [2.75, 3.05) is 12.4 Å². The number of anilines is 1. The highest BCUT2D eigenvalue weighted by molar-refractivity contribution is 7.18. The standard InChI is InChI=1S/C25H23N3O2S/c1-16-13-14-19(15-21(16)26-23(29)18-9-5-4-6-10-18)25(30)28(3)17(2)24-27-20-11-7-8-12-22(20)31-24/h4-15,17H,1-3H3,(H,26,29). The summed E-state index contributed by atoms with van der Waals surface area (Å²) in [5.74, 6) is -0.327. The van der Waals surface area contributed by atoms with Crippen LogP contribution in [0.4, 0.5) is 5.69 Å². The van der Waals surface area contributed by atoms with Gasteiger partial charge in [-0.2, -0.15) is 0 Å². The Hall–Kier alpha value is -3.51. The van der Waals surface area contributed by atoms with Crippen molar-refractivity contribution in [3.63, 3.8) is 0 Å². The SMILES string of the molecule is Cc1ccc(C(=O)N(C)C(C)c2nc3ccccc3s2)cc1NC(=O)c1ccccc1. The highest BCUT2D eigenvalue weighted by Crippen LogP contribution is 2.30. The zero-order valence-corrected chi connectivity index (χ0v) is 18.4. The first-order valence-electron chi connectivity index (χ1n) is 10.0. The second-order valence-corrected chi connectivity index (χ2v) is 8.52. The van der Waals surface area contributed by atoms with Gasteiger partial charge < -0.3 is 10.2 Å². The van der Waals surface area contributed by atoms with Crippen LogP contribution in [0.3, 0.4) is 0 Å². The van der Waals surface area contributed by atoms with Gasteiger partial charge in [-0.15, -0.1) is 11.3 Å². The monoisotopic (exact) mass is 429 g/mol. The highest BCUT2D eigenvalue weighted by atomic mass is 32.1. The average Bonchev–Trinajstić information content (AvgIpc) is 3.24. The Bertz CT molecular complexity index is 1220. The van der Waals surface area contributed by atoms with Crippen molar-refractivity contribution in [1.29, 1.82) is 0 Å². The van der Waals surface area contributed by atoms with Gasteiger partial charge in [0, 0.05) is 23.9 Å². The minimum atomic E-state index is -0.204. The maximum absolute atomic E-state index is 13.2. The summed E-state index contributed by atoms with van der Waals surface area (Å²) in [5.41, 5.74) is 3.55. The molecule has 1 N–H and O–H groups in total. The van der Waals surface area contributed by atoms with Crippen molar-refractivity contribution in [2.24, 2.45) is 0 Å². The van der Waals surface area contributed by atoms with Crippen molar-refractivity contribution < 1.29 is 9.59 Å². The Labute approximate surface area is 185 Å². The van der Waals surface area contributed by atoms with Gasteiger partial charge in [0.1, 0.15) is 5.01 Å². The largest absolute Gasteiger partial charge is 0.333 e. The van der Waals surface area contributed by atoms with Crippen LogP contribution < -0.4 is 5.32 Å². The van der Waals surface area contributed by atoms with Gasteiger partial charge in [-0.05, 0) is 55.8 Å². The number of nitrogens with one attached hydrogen (secondary N) is 1. The van der Waals surface area contributed by atoms with E-state index in [1.165, 1.54) is 0 Å². The van der Waals surface area contributed by atoms with E-state index in [1.54, 1.807) is 47.5 Å². The van der Waals surface area contributed by atoms with Gasteiger partial charge in [0.15, 0.2) is 0 Å². The van der Waals surface area contributed by atoms with Gasteiger partial charge in [-0.3, -0.25) is 9.59 Å². The number of thiazole rings is 1. The molecule has 2 amide bonds. The third kappa shape index (κ3) is 4.34. The lowest BCUT2D eigenvalue weighted by Crippen LogP contribution is -2.29. The molecule has 1 aromatic heterocycles. The summed E-state index contributed by atoms with van der Waals surface area (Å²) < 4.78 is 1.10. The van der Waals surface area contributed by atoms with Gasteiger partial charge in [0.25, 0.3) is 11.8 Å². The van der Waals surface area contributed by atoms with Crippen LogP contribution in [-0.4, -0.2) is 28.7 Å². The Balaban J connectivity index is 1.55. The van der Waals surface area contributed by atoms with Crippen LogP contribution in [-0.2, 0) is 0 Å². The zero-order valence-electron chi connectivity index (χ0n) is 17.6. The Morgan fingerprint density at radius 2 is 1.68 bits per heavy atom. The van der Waals surface area contributed by atoms with Gasteiger partial charge in [-0.25, -0.2) is 4.98 Å². The number of benzene rings is 3. The van der Waals surface area contributed by atoms with Crippen molar-refractivity contribution in [2.45, 2.75) is 19.9 Å². The number of rotatable bonds is 5. The predicted molar refractivity (Wildman–Crippen MR) is 126 cm³/mol. The Morgan fingerprint density at radius 3 is 2.42 bits per heavy atom. The van der Waals surface area contributed by atoms with E-state index in [2.05, 4.69) is 10.3 Å². The fourth-order valence-electron chi connectivity index (χ4n) is 3.29. The molecule has 1 heterocycles. The topological polar surface area (TPSA) is 62.3 Å². The molecule has 1 unspecified atom stereocenters. The predicted octanol–water partition coefficient (Wildman–Crippen LogP) is 5.69. The molecule has 0 radical (unpaired) electrons. The van der Waals surface area contributed by atoms with Gasteiger partial charge >= 0.3 is 0 Å². The second kappa shape index (κ2) is 8.70. The lowest BCUT2D eigenvalue weighted by atomic mass is 10.1. The molecule has 0 saturated heterocycles. The number of para-hydroxylation sites is 1. The van der Waals surface area contributed by atoms with Crippen molar-refractivity contribution >= 4 is 39.1 Å². The first-order valence-corrected chi connectivity index (χ1v) is 10.9. The molecule has 156 valence electrons. The van der Waals surface area contributed by atoms with Gasteiger partial charge in [-0.1, -0.05) is 36.4 Å². The molecule has 31 heavy (non-hydrogen) atoms. The van der Waals surface area contributed by atoms with Crippen LogP contribution in [0.1, 0.15) is 44.3 Å². The fraction of sp³-hybridized carbons (Fsp3) is 0.160. The van der Waals surface area contributed by atoms with E-state index in [-0.39, 0.29) is 17.9 Å². The minimum absolute atomic E-state index is 0.123. The number of amides is 2. The van der Waals surface area contributed by atoms with Crippen LogP contribution in [0.25, 0.3) is 10.2 Å². The number of fused-ring (bicyclic) bond motifs is 1. The van der Waals surface area contributed by atoms with Crippen LogP contribution in [0.5, 0.6) is 0 Å². The van der Waals surface area contributed by atoms with Gasteiger partial charge in [0.05, 0.1) is 16.3 Å². The fourth-order valence-corrected chi connectivity index (χ4v) is 4.35. The lowest BCUT2D eigenvalue weighted by Gasteiger charge is -2.23. The van der Waals surface area contributed by atoms with E-state index >= 15 is 0 Å². The molecule has 3 aromatic carbocycles. The molecule has 1 atom stereocenters. The summed E-state index contributed by atoms with van der Waals surface area (Å²) in [7, 11) is 1.78. The number of hydrogen-bond acceptors (Lipinski definition) is 4. The molecular weight excluding hydrogens is 406 g/mol. The summed E-state index contributed by atoms with van der Waals surface area (Å²) in [6, 6.07) is 22.2. The second-order valence-electron chi connectivity index (χ2n) is 7.46. The number of aryl methyl sites for hydroxylation is 1. The maximum atomic E-state index is 13.2. The smallest absolute Gasteiger partial charge is 0.255 e. The van der Waals surface area contributed by atoms with Gasteiger partial charge in [0.2, 0.25) is 0 Å². The van der Waals surface area contributed by atoms with Crippen molar-refractivity contribution in [3.05, 3.63) is 94.5 Å². The first-order chi connectivity index (χ1) is 14.9. The minimum Gasteiger partial charge on any atom is -0.333 e. The molecule has 5 nitrogen and oxygen atoms in total. The van der Waals surface area contributed by atoms with E-state index < -0.39 is 0 Å². The van der Waals surface area contributed by atoms with E-state index in [4.69, 9.17) is 0 Å². The molecule has 6 heteroatoms. The van der Waals surface area contributed by atoms with Crippen LogP contribution in [0.2, 0.25) is 0 Å². The molecule has 0 aliphatic heterocycles. The zero-order chi connectivity index (χ0) is 22.0. The number of carbonyl (C=O) groups is 2. The molecule has 0 aliphatic carbocycles. The third-order valence-electron chi connectivity index (χ3n) is 5.34. The summed E-state index contributed by atoms with van der Waals surface area (Å²) in [6.45, 7) is 3.88. The van der Waals surface area contributed by atoms with Crippen LogP contribution in [0.15, 0.2) is 72.8 Å². The van der Waals surface area contributed by atoms with E-state index in [0.717, 1.165) is 20.8 Å². The number of aromatic nitrogens is 1. The first kappa shape index (κ1) is 20.8. The Kier molecular flexibility index (Phi) is 5.82. The number of hydrogen-bond donors (Lipinski definition) is 1. The molecule has 4 aromatic rings.